The molecule has 3 nitrogen and oxygen atoms in total. The predicted molar refractivity (Wildman–Crippen MR) is 152 cm³/mol. The van der Waals surface area contributed by atoms with Crippen LogP contribution >= 0.6 is 11.6 Å². The summed E-state index contributed by atoms with van der Waals surface area (Å²) in [5.41, 5.74) is 12.3. The zero-order valence-electron chi connectivity index (χ0n) is 24.4. The van der Waals surface area contributed by atoms with E-state index in [4.69, 9.17) is 21.3 Å². The first kappa shape index (κ1) is 27.6. The molecule has 0 fully saturated rings. The van der Waals surface area contributed by atoms with Crippen molar-refractivity contribution in [2.45, 2.75) is 103 Å². The Morgan fingerprint density at radius 2 is 1.17 bits per heavy atom. The third-order valence-corrected chi connectivity index (χ3v) is 8.73. The lowest BCUT2D eigenvalue weighted by Crippen LogP contribution is -2.51. The third-order valence-electron chi connectivity index (χ3n) is 8.16. The van der Waals surface area contributed by atoms with Crippen molar-refractivity contribution in [2.24, 2.45) is 15.8 Å². The summed E-state index contributed by atoms with van der Waals surface area (Å²) in [5.74, 6) is 0. The van der Waals surface area contributed by atoms with Gasteiger partial charge in [-0.3, -0.25) is 0 Å². The van der Waals surface area contributed by atoms with Gasteiger partial charge in [0.05, 0.1) is 5.69 Å². The van der Waals surface area contributed by atoms with E-state index >= 15 is 0 Å². The number of rotatable bonds is 2. The van der Waals surface area contributed by atoms with Crippen LogP contribution in [0, 0.1) is 66.2 Å². The summed E-state index contributed by atoms with van der Waals surface area (Å²) in [6, 6.07) is 0.584. The van der Waals surface area contributed by atoms with Crippen LogP contribution in [0.25, 0.3) is 0 Å². The Balaban J connectivity index is 2.60. The van der Waals surface area contributed by atoms with Crippen molar-refractivity contribution in [3.8, 4) is 0 Å². The molecule has 3 rings (SSSR count). The Morgan fingerprint density at radius 1 is 0.686 bits per heavy atom. The van der Waals surface area contributed by atoms with Gasteiger partial charge in [-0.2, -0.15) is 0 Å². The number of nitrogens with one attached hydrogen (secondary N) is 1. The molecule has 1 atom stereocenters. The van der Waals surface area contributed by atoms with Gasteiger partial charge in [-0.05, 0) is 105 Å². The Bertz CT molecular complexity index is 1200. The van der Waals surface area contributed by atoms with Crippen LogP contribution in [0.4, 0.5) is 5.69 Å². The van der Waals surface area contributed by atoms with Crippen LogP contribution in [0.1, 0.15) is 97.2 Å². The second-order valence-electron chi connectivity index (χ2n) is 12.8. The van der Waals surface area contributed by atoms with E-state index in [2.05, 4.69) is 102 Å². The topological polar surface area (TPSA) is 33.6 Å². The van der Waals surface area contributed by atoms with Crippen LogP contribution in [0.2, 0.25) is 5.02 Å². The number of anilines is 1. The number of fused-ring (bicyclic) bond motifs is 1. The molecule has 1 aliphatic rings. The molecule has 0 aliphatic carbocycles. The molecule has 192 valence electrons. The Hall–Kier alpha value is -2.00. The van der Waals surface area contributed by atoms with E-state index in [0.717, 1.165) is 33.0 Å². The monoisotopic (exact) mass is 496 g/mol. The summed E-state index contributed by atoms with van der Waals surface area (Å²) in [7, 11) is 0. The highest BCUT2D eigenvalue weighted by Gasteiger charge is 2.55. The molecule has 0 aromatic heterocycles. The van der Waals surface area contributed by atoms with Crippen LogP contribution < -0.4 is 5.32 Å². The van der Waals surface area contributed by atoms with E-state index in [9.17, 15) is 0 Å². The number of nitrogens with zero attached hydrogens (tertiary/aromatic N) is 1. The van der Waals surface area contributed by atoms with Crippen LogP contribution in [0.3, 0.4) is 0 Å². The zero-order valence-corrected chi connectivity index (χ0v) is 25.2. The standard InChI is InChI=1S/C31H45ClN2O/c1-16-17(2)19(4)24(20(5)18(16)3)31(30(12,13)14)25-23(8)26(32)21(6)22(7)27(25)34-28(35-31)33-15-29(9,10)11/h15H2,1-14H3,(H,33,34). The fraction of sp³-hybridized carbons (Fsp3) is 0.581. The maximum Gasteiger partial charge on any atom is 0.290 e. The van der Waals surface area contributed by atoms with Gasteiger partial charge >= 0.3 is 0 Å². The Kier molecular flexibility index (Phi) is 6.96. The quantitative estimate of drug-likeness (QED) is 0.450. The lowest BCUT2D eigenvalue weighted by Gasteiger charge is -2.51. The number of ether oxygens (including phenoxy) is 1. The summed E-state index contributed by atoms with van der Waals surface area (Å²) in [6.07, 6.45) is 0. The number of hydrogen-bond donors (Lipinski definition) is 1. The molecule has 1 aliphatic heterocycles. The fourth-order valence-electron chi connectivity index (χ4n) is 5.53. The predicted octanol–water partition coefficient (Wildman–Crippen LogP) is 8.94. The first-order valence-corrected chi connectivity index (χ1v) is 13.1. The second-order valence-corrected chi connectivity index (χ2v) is 13.2. The highest BCUT2D eigenvalue weighted by molar-refractivity contribution is 6.32. The number of amidine groups is 1. The van der Waals surface area contributed by atoms with Crippen LogP contribution in [0.15, 0.2) is 4.99 Å². The molecule has 1 unspecified atom stereocenters. The lowest BCUT2D eigenvalue weighted by molar-refractivity contribution is -0.0174. The van der Waals surface area contributed by atoms with E-state index in [-0.39, 0.29) is 10.8 Å². The van der Waals surface area contributed by atoms with Crippen LogP contribution in [0.5, 0.6) is 0 Å². The normalized spacial score (nSPS) is 19.5. The van der Waals surface area contributed by atoms with Crippen molar-refractivity contribution < 1.29 is 4.74 Å². The molecule has 0 saturated carbocycles. The van der Waals surface area contributed by atoms with Crippen molar-refractivity contribution in [3.63, 3.8) is 0 Å². The van der Waals surface area contributed by atoms with E-state index in [1.165, 1.54) is 33.4 Å². The lowest BCUT2D eigenvalue weighted by atomic mass is 9.62. The van der Waals surface area contributed by atoms with Gasteiger partial charge < -0.3 is 10.1 Å². The SMILES string of the molecule is Cc1c(C)c(C)c(C2(C(C)(C)C)OC(=NCC(C)(C)C)Nc3c(C)c(C)c(Cl)c(C)c32)c(C)c1C. The summed E-state index contributed by atoms with van der Waals surface area (Å²) >= 11 is 7.00. The van der Waals surface area contributed by atoms with Crippen molar-refractivity contribution in [1.82, 2.24) is 0 Å². The molecular formula is C31H45ClN2O. The van der Waals surface area contributed by atoms with E-state index in [1.807, 2.05) is 0 Å². The number of hydrogen-bond acceptors (Lipinski definition) is 2. The molecule has 0 amide bonds. The molecule has 4 heteroatoms. The minimum absolute atomic E-state index is 0.0481. The fourth-order valence-corrected chi connectivity index (χ4v) is 5.77. The molecule has 0 saturated heterocycles. The largest absolute Gasteiger partial charge is 0.448 e. The summed E-state index contributed by atoms with van der Waals surface area (Å²) in [5, 5.41) is 4.40. The summed E-state index contributed by atoms with van der Waals surface area (Å²) in [6.45, 7) is 31.6. The van der Waals surface area contributed by atoms with Gasteiger partial charge in [0.2, 0.25) is 0 Å². The summed E-state index contributed by atoms with van der Waals surface area (Å²) < 4.78 is 7.17. The molecule has 1 heterocycles. The van der Waals surface area contributed by atoms with Gasteiger partial charge in [0, 0.05) is 28.1 Å². The molecule has 1 N–H and O–H groups in total. The maximum absolute atomic E-state index is 7.17. The highest BCUT2D eigenvalue weighted by atomic mass is 35.5. The van der Waals surface area contributed by atoms with Crippen molar-refractivity contribution in [2.75, 3.05) is 11.9 Å². The van der Waals surface area contributed by atoms with E-state index < -0.39 is 5.60 Å². The van der Waals surface area contributed by atoms with Gasteiger partial charge in [-0.1, -0.05) is 53.1 Å². The number of benzene rings is 2. The van der Waals surface area contributed by atoms with Gasteiger partial charge in [0.1, 0.15) is 0 Å². The molecule has 2 aromatic rings. The van der Waals surface area contributed by atoms with E-state index in [1.54, 1.807) is 0 Å². The number of halogens is 1. The van der Waals surface area contributed by atoms with E-state index in [0.29, 0.717) is 12.6 Å². The molecule has 0 spiro atoms. The Labute approximate surface area is 218 Å². The second kappa shape index (κ2) is 8.83. The van der Waals surface area contributed by atoms with Gasteiger partial charge in [-0.25, -0.2) is 4.99 Å². The van der Waals surface area contributed by atoms with Crippen LogP contribution in [-0.2, 0) is 10.3 Å². The molecule has 35 heavy (non-hydrogen) atoms. The van der Waals surface area contributed by atoms with Crippen molar-refractivity contribution in [1.29, 1.82) is 0 Å². The smallest absolute Gasteiger partial charge is 0.290 e. The average molecular weight is 497 g/mol. The van der Waals surface area contributed by atoms with Crippen molar-refractivity contribution >= 4 is 23.3 Å². The van der Waals surface area contributed by atoms with Gasteiger partial charge in [0.25, 0.3) is 6.02 Å². The van der Waals surface area contributed by atoms with Crippen molar-refractivity contribution in [3.05, 3.63) is 60.7 Å². The first-order valence-electron chi connectivity index (χ1n) is 12.7. The number of aliphatic imine (C=N–C) groups is 1. The Morgan fingerprint density at radius 3 is 1.63 bits per heavy atom. The highest BCUT2D eigenvalue weighted by Crippen LogP contribution is 2.57. The third kappa shape index (κ3) is 4.28. The van der Waals surface area contributed by atoms with Gasteiger partial charge in [-0.15, -0.1) is 0 Å². The average Bonchev–Trinajstić information content (AvgIpc) is 2.75. The minimum atomic E-state index is -0.770. The van der Waals surface area contributed by atoms with Gasteiger partial charge in [0.15, 0.2) is 5.60 Å². The minimum Gasteiger partial charge on any atom is -0.448 e. The maximum atomic E-state index is 7.17. The van der Waals surface area contributed by atoms with Crippen LogP contribution in [-0.4, -0.2) is 12.6 Å². The molecule has 0 bridgehead atoms. The molecule has 2 aromatic carbocycles. The zero-order chi connectivity index (χ0) is 26.8. The molecular weight excluding hydrogens is 452 g/mol. The molecule has 0 radical (unpaired) electrons. The summed E-state index contributed by atoms with van der Waals surface area (Å²) in [4.78, 5) is 4.98. The first-order chi connectivity index (χ1) is 15.9.